The topological polar surface area (TPSA) is 37.8 Å². The van der Waals surface area contributed by atoms with Crippen LogP contribution >= 0.6 is 11.8 Å². The zero-order valence-electron chi connectivity index (χ0n) is 12.6. The molecule has 0 unspecified atom stereocenters. The minimum atomic E-state index is -0.228. The van der Waals surface area contributed by atoms with E-state index in [1.54, 1.807) is 18.3 Å². The second kappa shape index (κ2) is 7.52. The van der Waals surface area contributed by atoms with E-state index in [-0.39, 0.29) is 5.82 Å². The van der Waals surface area contributed by atoms with Crippen molar-refractivity contribution in [1.29, 1.82) is 0 Å². The number of rotatable bonds is 6. The van der Waals surface area contributed by atoms with Crippen molar-refractivity contribution in [2.24, 2.45) is 5.92 Å². The monoisotopic (exact) mass is 305 g/mol. The van der Waals surface area contributed by atoms with Gasteiger partial charge in [0.25, 0.3) is 0 Å². The van der Waals surface area contributed by atoms with Crippen LogP contribution in [0.4, 0.5) is 4.39 Å². The lowest BCUT2D eigenvalue weighted by molar-refractivity contribution is 0.548. The molecule has 0 radical (unpaired) electrons. The molecule has 0 bridgehead atoms. The molecule has 1 aromatic carbocycles. The van der Waals surface area contributed by atoms with Crippen molar-refractivity contribution in [3.8, 4) is 0 Å². The van der Waals surface area contributed by atoms with Crippen molar-refractivity contribution in [2.45, 2.75) is 37.4 Å². The molecule has 0 aliphatic carbocycles. The highest BCUT2D eigenvalue weighted by Crippen LogP contribution is 2.27. The summed E-state index contributed by atoms with van der Waals surface area (Å²) in [6.07, 6.45) is 1.69. The normalized spacial score (nSPS) is 11.1. The quantitative estimate of drug-likeness (QED) is 0.823. The van der Waals surface area contributed by atoms with Gasteiger partial charge in [-0.3, -0.25) is 0 Å². The summed E-state index contributed by atoms with van der Waals surface area (Å²) in [6, 6.07) is 7.13. The fraction of sp³-hybridized carbons (Fsp3) is 0.375. The summed E-state index contributed by atoms with van der Waals surface area (Å²) in [4.78, 5) is 8.96. The Balaban J connectivity index is 2.02. The lowest BCUT2D eigenvalue weighted by Crippen LogP contribution is -2.18. The molecule has 21 heavy (non-hydrogen) atoms. The van der Waals surface area contributed by atoms with Crippen LogP contribution in [-0.4, -0.2) is 16.5 Å². The molecule has 1 heterocycles. The molecule has 0 aliphatic heterocycles. The predicted molar refractivity (Wildman–Crippen MR) is 83.8 cm³/mol. The van der Waals surface area contributed by atoms with Gasteiger partial charge in [-0.05, 0) is 54.9 Å². The molecule has 2 rings (SSSR count). The van der Waals surface area contributed by atoms with E-state index in [1.165, 1.54) is 11.8 Å². The molecule has 1 N–H and O–H groups in total. The second-order valence-electron chi connectivity index (χ2n) is 5.37. The zero-order valence-corrected chi connectivity index (χ0v) is 13.4. The Hall–Kier alpha value is -1.46. The molecule has 0 fully saturated rings. The molecule has 0 saturated heterocycles. The highest BCUT2D eigenvalue weighted by molar-refractivity contribution is 7.99. The standard InChI is InChI=1S/C16H20FN3S/c1-11(2)9-18-10-13-4-5-15(14(17)8-13)21-16-19-7-6-12(3)20-16/h4-8,11,18H,9-10H2,1-3H3. The molecule has 0 atom stereocenters. The van der Waals surface area contributed by atoms with Crippen LogP contribution in [0.3, 0.4) is 0 Å². The van der Waals surface area contributed by atoms with Crippen molar-refractivity contribution in [3.63, 3.8) is 0 Å². The van der Waals surface area contributed by atoms with Crippen LogP contribution in [0, 0.1) is 18.7 Å². The highest BCUT2D eigenvalue weighted by Gasteiger charge is 2.08. The molecule has 1 aromatic heterocycles. The highest BCUT2D eigenvalue weighted by atomic mass is 32.2. The van der Waals surface area contributed by atoms with Crippen LogP contribution in [0.15, 0.2) is 40.5 Å². The first-order valence-electron chi connectivity index (χ1n) is 7.01. The summed E-state index contributed by atoms with van der Waals surface area (Å²) in [5.74, 6) is 0.358. The average molecular weight is 305 g/mol. The van der Waals surface area contributed by atoms with E-state index in [0.717, 1.165) is 17.8 Å². The maximum absolute atomic E-state index is 14.1. The van der Waals surface area contributed by atoms with Crippen LogP contribution in [-0.2, 0) is 6.54 Å². The Labute approximate surface area is 129 Å². The van der Waals surface area contributed by atoms with Crippen molar-refractivity contribution in [1.82, 2.24) is 15.3 Å². The molecule has 3 nitrogen and oxygen atoms in total. The molecule has 0 aliphatic rings. The van der Waals surface area contributed by atoms with E-state index in [4.69, 9.17) is 0 Å². The number of nitrogens with zero attached hydrogens (tertiary/aromatic N) is 2. The summed E-state index contributed by atoms with van der Waals surface area (Å²) < 4.78 is 14.1. The maximum atomic E-state index is 14.1. The first-order chi connectivity index (χ1) is 10.0. The van der Waals surface area contributed by atoms with E-state index in [9.17, 15) is 4.39 Å². The van der Waals surface area contributed by atoms with Gasteiger partial charge in [0.05, 0.1) is 4.90 Å². The van der Waals surface area contributed by atoms with Crippen LogP contribution < -0.4 is 5.32 Å². The van der Waals surface area contributed by atoms with Gasteiger partial charge >= 0.3 is 0 Å². The van der Waals surface area contributed by atoms with Gasteiger partial charge in [-0.25, -0.2) is 14.4 Å². The fourth-order valence-electron chi connectivity index (χ4n) is 1.82. The Kier molecular flexibility index (Phi) is 5.70. The Morgan fingerprint density at radius 1 is 1.29 bits per heavy atom. The van der Waals surface area contributed by atoms with Gasteiger partial charge in [0, 0.05) is 18.4 Å². The number of halogens is 1. The van der Waals surface area contributed by atoms with Crippen molar-refractivity contribution in [3.05, 3.63) is 47.5 Å². The largest absolute Gasteiger partial charge is 0.312 e. The van der Waals surface area contributed by atoms with Gasteiger partial charge in [-0.2, -0.15) is 0 Å². The molecule has 0 spiro atoms. The van der Waals surface area contributed by atoms with E-state index < -0.39 is 0 Å². The summed E-state index contributed by atoms with van der Waals surface area (Å²) in [6.45, 7) is 7.80. The third kappa shape index (κ3) is 5.10. The Morgan fingerprint density at radius 3 is 2.76 bits per heavy atom. The van der Waals surface area contributed by atoms with Gasteiger partial charge in [0.2, 0.25) is 0 Å². The van der Waals surface area contributed by atoms with E-state index in [2.05, 4.69) is 29.1 Å². The van der Waals surface area contributed by atoms with Crippen LogP contribution in [0.1, 0.15) is 25.1 Å². The molecule has 2 aromatic rings. The Morgan fingerprint density at radius 2 is 2.10 bits per heavy atom. The number of aromatic nitrogens is 2. The molecule has 0 saturated carbocycles. The molecule has 112 valence electrons. The number of nitrogens with one attached hydrogen (secondary N) is 1. The number of aryl methyl sites for hydroxylation is 1. The summed E-state index contributed by atoms with van der Waals surface area (Å²) in [7, 11) is 0. The molecular weight excluding hydrogens is 285 g/mol. The van der Waals surface area contributed by atoms with Crippen LogP contribution in [0.2, 0.25) is 0 Å². The zero-order chi connectivity index (χ0) is 15.2. The van der Waals surface area contributed by atoms with Gasteiger partial charge in [0.1, 0.15) is 5.82 Å². The van der Waals surface area contributed by atoms with Crippen molar-refractivity contribution in [2.75, 3.05) is 6.54 Å². The van der Waals surface area contributed by atoms with Crippen LogP contribution in [0.25, 0.3) is 0 Å². The lowest BCUT2D eigenvalue weighted by Gasteiger charge is -2.09. The number of hydrogen-bond donors (Lipinski definition) is 1. The third-order valence-electron chi connectivity index (χ3n) is 2.85. The third-order valence-corrected chi connectivity index (χ3v) is 3.78. The first-order valence-corrected chi connectivity index (χ1v) is 7.83. The first kappa shape index (κ1) is 15.9. The number of hydrogen-bond acceptors (Lipinski definition) is 4. The van der Waals surface area contributed by atoms with Gasteiger partial charge in [-0.1, -0.05) is 19.9 Å². The summed E-state index contributed by atoms with van der Waals surface area (Å²) in [5, 5.41) is 3.88. The van der Waals surface area contributed by atoms with E-state index in [1.807, 2.05) is 19.1 Å². The molecule has 0 amide bonds. The van der Waals surface area contributed by atoms with Gasteiger partial charge < -0.3 is 5.32 Å². The van der Waals surface area contributed by atoms with E-state index >= 15 is 0 Å². The second-order valence-corrected chi connectivity index (χ2v) is 6.38. The van der Waals surface area contributed by atoms with E-state index in [0.29, 0.717) is 22.5 Å². The lowest BCUT2D eigenvalue weighted by atomic mass is 10.2. The number of benzene rings is 1. The van der Waals surface area contributed by atoms with Gasteiger partial charge in [-0.15, -0.1) is 0 Å². The predicted octanol–water partition coefficient (Wildman–Crippen LogP) is 3.82. The minimum Gasteiger partial charge on any atom is -0.312 e. The maximum Gasteiger partial charge on any atom is 0.192 e. The summed E-state index contributed by atoms with van der Waals surface area (Å²) in [5.41, 5.74) is 1.82. The summed E-state index contributed by atoms with van der Waals surface area (Å²) >= 11 is 1.25. The minimum absolute atomic E-state index is 0.228. The van der Waals surface area contributed by atoms with Crippen LogP contribution in [0.5, 0.6) is 0 Å². The molecule has 5 heteroatoms. The smallest absolute Gasteiger partial charge is 0.192 e. The molecular formula is C16H20FN3S. The van der Waals surface area contributed by atoms with Crippen molar-refractivity contribution >= 4 is 11.8 Å². The van der Waals surface area contributed by atoms with Crippen molar-refractivity contribution < 1.29 is 4.39 Å². The van der Waals surface area contributed by atoms with Gasteiger partial charge in [0.15, 0.2) is 5.16 Å². The average Bonchev–Trinajstić information content (AvgIpc) is 2.41. The SMILES string of the molecule is Cc1ccnc(Sc2ccc(CNCC(C)C)cc2F)n1. The Bertz CT molecular complexity index is 602. The fourth-order valence-corrected chi connectivity index (χ4v) is 2.61.